The molecular formula is C16H22N2O3. The van der Waals surface area contributed by atoms with E-state index in [1.54, 1.807) is 4.90 Å². The normalized spacial score (nSPS) is 25.1. The molecule has 1 aliphatic carbocycles. The van der Waals surface area contributed by atoms with Gasteiger partial charge in [0, 0.05) is 25.0 Å². The van der Waals surface area contributed by atoms with Crippen LogP contribution in [0.25, 0.3) is 0 Å². The maximum Gasteiger partial charge on any atom is 0.410 e. The summed E-state index contributed by atoms with van der Waals surface area (Å²) in [5, 5.41) is 13.4. The average Bonchev–Trinajstić information content (AvgIpc) is 3.26. The SMILES string of the molecule is O=C(OCc1ccccc1)N1C[C@H](CNC2CC2)[C@H](O)C1. The van der Waals surface area contributed by atoms with Gasteiger partial charge < -0.3 is 20.1 Å². The highest BCUT2D eigenvalue weighted by molar-refractivity contribution is 5.68. The van der Waals surface area contributed by atoms with Crippen molar-refractivity contribution in [3.05, 3.63) is 35.9 Å². The average molecular weight is 290 g/mol. The third kappa shape index (κ3) is 3.95. The molecule has 3 rings (SSSR count). The first-order valence-corrected chi connectivity index (χ1v) is 7.59. The Morgan fingerprint density at radius 1 is 1.29 bits per heavy atom. The molecule has 2 atom stereocenters. The minimum atomic E-state index is -0.458. The summed E-state index contributed by atoms with van der Waals surface area (Å²) < 4.78 is 5.30. The standard InChI is InChI=1S/C16H22N2O3/c19-15-10-18(9-13(15)8-17-14-6-7-14)16(20)21-11-12-4-2-1-3-5-12/h1-5,13-15,17,19H,6-11H2/t13-,15+/m0/s1. The van der Waals surface area contributed by atoms with Crippen LogP contribution in [0.5, 0.6) is 0 Å². The van der Waals surface area contributed by atoms with Crippen molar-refractivity contribution in [2.45, 2.75) is 31.6 Å². The molecule has 1 aromatic carbocycles. The topological polar surface area (TPSA) is 61.8 Å². The van der Waals surface area contributed by atoms with Gasteiger partial charge in [-0.1, -0.05) is 30.3 Å². The number of amides is 1. The molecule has 5 nitrogen and oxygen atoms in total. The van der Waals surface area contributed by atoms with Gasteiger partial charge in [-0.2, -0.15) is 0 Å². The molecule has 1 saturated heterocycles. The first kappa shape index (κ1) is 14.4. The Kier molecular flexibility index (Phi) is 4.41. The summed E-state index contributed by atoms with van der Waals surface area (Å²) in [5.41, 5.74) is 0.970. The molecule has 0 unspecified atom stereocenters. The Balaban J connectivity index is 1.44. The van der Waals surface area contributed by atoms with Crippen molar-refractivity contribution in [2.75, 3.05) is 19.6 Å². The van der Waals surface area contributed by atoms with Crippen LogP contribution in [0.2, 0.25) is 0 Å². The number of aliphatic hydroxyl groups excluding tert-OH is 1. The Hall–Kier alpha value is -1.59. The van der Waals surface area contributed by atoms with E-state index in [0.717, 1.165) is 12.1 Å². The zero-order valence-corrected chi connectivity index (χ0v) is 12.1. The Bertz CT molecular complexity index is 476. The van der Waals surface area contributed by atoms with Gasteiger partial charge in [-0.15, -0.1) is 0 Å². The number of benzene rings is 1. The van der Waals surface area contributed by atoms with Crippen LogP contribution in [-0.4, -0.2) is 47.9 Å². The van der Waals surface area contributed by atoms with Gasteiger partial charge in [-0.3, -0.25) is 0 Å². The third-order valence-corrected chi connectivity index (χ3v) is 4.12. The van der Waals surface area contributed by atoms with E-state index in [-0.39, 0.29) is 18.6 Å². The van der Waals surface area contributed by atoms with Gasteiger partial charge in [0.1, 0.15) is 6.61 Å². The number of rotatable bonds is 5. The monoisotopic (exact) mass is 290 g/mol. The Morgan fingerprint density at radius 3 is 2.76 bits per heavy atom. The number of nitrogens with one attached hydrogen (secondary N) is 1. The third-order valence-electron chi connectivity index (χ3n) is 4.12. The lowest BCUT2D eigenvalue weighted by molar-refractivity contribution is 0.0967. The van der Waals surface area contributed by atoms with Crippen LogP contribution in [-0.2, 0) is 11.3 Å². The van der Waals surface area contributed by atoms with Gasteiger partial charge in [0.2, 0.25) is 0 Å². The number of hydrogen-bond donors (Lipinski definition) is 2. The zero-order valence-electron chi connectivity index (χ0n) is 12.1. The van der Waals surface area contributed by atoms with E-state index in [2.05, 4.69) is 5.32 Å². The second-order valence-corrected chi connectivity index (χ2v) is 5.96. The van der Waals surface area contributed by atoms with E-state index in [9.17, 15) is 9.90 Å². The maximum absolute atomic E-state index is 12.0. The van der Waals surface area contributed by atoms with Crippen LogP contribution in [0, 0.1) is 5.92 Å². The summed E-state index contributed by atoms with van der Waals surface area (Å²) in [6.07, 6.45) is 1.66. The summed E-state index contributed by atoms with van der Waals surface area (Å²) >= 11 is 0. The lowest BCUT2D eigenvalue weighted by Crippen LogP contribution is -2.32. The molecule has 114 valence electrons. The predicted octanol–water partition coefficient (Wildman–Crippen LogP) is 1.37. The second-order valence-electron chi connectivity index (χ2n) is 5.96. The summed E-state index contributed by atoms with van der Waals surface area (Å²) in [7, 11) is 0. The quantitative estimate of drug-likeness (QED) is 0.860. The van der Waals surface area contributed by atoms with E-state index < -0.39 is 6.10 Å². The van der Waals surface area contributed by atoms with Gasteiger partial charge in [0.15, 0.2) is 0 Å². The fraction of sp³-hybridized carbons (Fsp3) is 0.562. The van der Waals surface area contributed by atoms with Crippen molar-refractivity contribution < 1.29 is 14.6 Å². The van der Waals surface area contributed by atoms with Crippen LogP contribution in [0.1, 0.15) is 18.4 Å². The molecule has 0 bridgehead atoms. The molecule has 1 saturated carbocycles. The molecule has 0 spiro atoms. The summed E-state index contributed by atoms with van der Waals surface area (Å²) in [5.74, 6) is 0.106. The molecule has 2 aliphatic rings. The maximum atomic E-state index is 12.0. The second kappa shape index (κ2) is 6.45. The number of aliphatic hydroxyl groups is 1. The van der Waals surface area contributed by atoms with Crippen molar-refractivity contribution in [2.24, 2.45) is 5.92 Å². The highest BCUT2D eigenvalue weighted by atomic mass is 16.6. The molecule has 0 radical (unpaired) electrons. The first-order chi connectivity index (χ1) is 10.2. The van der Waals surface area contributed by atoms with Crippen molar-refractivity contribution >= 4 is 6.09 Å². The van der Waals surface area contributed by atoms with Gasteiger partial charge in [-0.05, 0) is 18.4 Å². The number of carbonyl (C=O) groups is 1. The minimum Gasteiger partial charge on any atom is -0.445 e. The number of hydrogen-bond acceptors (Lipinski definition) is 4. The molecular weight excluding hydrogens is 268 g/mol. The minimum absolute atomic E-state index is 0.106. The van der Waals surface area contributed by atoms with E-state index in [4.69, 9.17) is 4.74 Å². The lowest BCUT2D eigenvalue weighted by Gasteiger charge is -2.16. The van der Waals surface area contributed by atoms with Crippen LogP contribution >= 0.6 is 0 Å². The van der Waals surface area contributed by atoms with Crippen molar-refractivity contribution in [1.82, 2.24) is 10.2 Å². The van der Waals surface area contributed by atoms with Gasteiger partial charge in [0.25, 0.3) is 0 Å². The molecule has 5 heteroatoms. The zero-order chi connectivity index (χ0) is 14.7. The molecule has 1 heterocycles. The molecule has 1 aromatic rings. The smallest absolute Gasteiger partial charge is 0.410 e. The number of nitrogens with zero attached hydrogens (tertiary/aromatic N) is 1. The van der Waals surface area contributed by atoms with Gasteiger partial charge in [-0.25, -0.2) is 4.79 Å². The van der Waals surface area contributed by atoms with E-state index >= 15 is 0 Å². The molecule has 1 aliphatic heterocycles. The number of carbonyl (C=O) groups excluding carboxylic acids is 1. The Labute approximate surface area is 124 Å². The van der Waals surface area contributed by atoms with E-state index in [1.807, 2.05) is 30.3 Å². The van der Waals surface area contributed by atoms with Crippen LogP contribution in [0.4, 0.5) is 4.79 Å². The Morgan fingerprint density at radius 2 is 2.05 bits per heavy atom. The highest BCUT2D eigenvalue weighted by Gasteiger charge is 2.35. The summed E-state index contributed by atoms with van der Waals surface area (Å²) in [6.45, 7) is 1.98. The molecule has 2 N–H and O–H groups in total. The van der Waals surface area contributed by atoms with E-state index in [0.29, 0.717) is 19.1 Å². The fourth-order valence-electron chi connectivity index (χ4n) is 2.62. The summed E-state index contributed by atoms with van der Waals surface area (Å²) in [4.78, 5) is 13.6. The van der Waals surface area contributed by atoms with Crippen LogP contribution in [0.3, 0.4) is 0 Å². The lowest BCUT2D eigenvalue weighted by atomic mass is 10.1. The molecule has 0 aromatic heterocycles. The highest BCUT2D eigenvalue weighted by Crippen LogP contribution is 2.22. The first-order valence-electron chi connectivity index (χ1n) is 7.59. The number of likely N-dealkylation sites (tertiary alicyclic amines) is 1. The van der Waals surface area contributed by atoms with E-state index in [1.165, 1.54) is 12.8 Å². The van der Waals surface area contributed by atoms with Crippen LogP contribution < -0.4 is 5.32 Å². The van der Waals surface area contributed by atoms with Crippen LogP contribution in [0.15, 0.2) is 30.3 Å². The molecule has 21 heavy (non-hydrogen) atoms. The largest absolute Gasteiger partial charge is 0.445 e. The fourth-order valence-corrected chi connectivity index (χ4v) is 2.62. The predicted molar refractivity (Wildman–Crippen MR) is 78.7 cm³/mol. The number of β-amino-alcohol motifs (C(OH)–C–C–N with tert-alkyl or cyclic N) is 1. The van der Waals surface area contributed by atoms with Crippen molar-refractivity contribution in [1.29, 1.82) is 0 Å². The molecule has 1 amide bonds. The molecule has 2 fully saturated rings. The van der Waals surface area contributed by atoms with Gasteiger partial charge >= 0.3 is 6.09 Å². The van der Waals surface area contributed by atoms with Gasteiger partial charge in [0.05, 0.1) is 12.6 Å². The number of ether oxygens (including phenoxy) is 1. The van der Waals surface area contributed by atoms with Crippen molar-refractivity contribution in [3.8, 4) is 0 Å². The summed E-state index contributed by atoms with van der Waals surface area (Å²) in [6, 6.07) is 10.2. The van der Waals surface area contributed by atoms with Crippen molar-refractivity contribution in [3.63, 3.8) is 0 Å².